The van der Waals surface area contributed by atoms with Gasteiger partial charge >= 0.3 is 0 Å². The highest BCUT2D eigenvalue weighted by Gasteiger charge is 2.20. The summed E-state index contributed by atoms with van der Waals surface area (Å²) >= 11 is 0. The van der Waals surface area contributed by atoms with Gasteiger partial charge in [0.2, 0.25) is 0 Å². The lowest BCUT2D eigenvalue weighted by atomic mass is 9.92. The molecule has 1 rings (SSSR count). The minimum absolute atomic E-state index is 0.780. The lowest BCUT2D eigenvalue weighted by molar-refractivity contribution is 0.157. The maximum Gasteiger partial charge on any atom is 0.00922 e. The van der Waals surface area contributed by atoms with Crippen molar-refractivity contribution in [3.8, 4) is 0 Å². The zero-order valence-corrected chi connectivity index (χ0v) is 10.8. The fourth-order valence-corrected chi connectivity index (χ4v) is 2.01. The minimum Gasteiger partial charge on any atom is -0.316 e. The van der Waals surface area contributed by atoms with Crippen molar-refractivity contribution in [1.82, 2.24) is 10.2 Å². The molecule has 0 unspecified atom stereocenters. The summed E-state index contributed by atoms with van der Waals surface area (Å²) in [5.74, 6) is 0.780. The van der Waals surface area contributed by atoms with E-state index >= 15 is 0 Å². The molecule has 0 aromatic carbocycles. The summed E-state index contributed by atoms with van der Waals surface area (Å²) in [6, 6.07) is 0.911. The molecule has 1 aliphatic rings. The molecule has 0 bridgehead atoms. The van der Waals surface area contributed by atoms with E-state index in [9.17, 15) is 0 Å². The van der Waals surface area contributed by atoms with E-state index in [0.29, 0.717) is 0 Å². The topological polar surface area (TPSA) is 15.3 Å². The van der Waals surface area contributed by atoms with Gasteiger partial charge in [0.05, 0.1) is 0 Å². The number of hydrogen-bond acceptors (Lipinski definition) is 2. The van der Waals surface area contributed by atoms with Crippen molar-refractivity contribution in [3.63, 3.8) is 0 Å². The van der Waals surface area contributed by atoms with Crippen molar-refractivity contribution in [1.29, 1.82) is 0 Å². The highest BCUT2D eigenvalue weighted by atomic mass is 15.1. The Morgan fingerprint density at radius 2 is 2.00 bits per heavy atom. The van der Waals surface area contributed by atoms with E-state index in [1.54, 1.807) is 0 Å². The number of nitrogens with one attached hydrogen (secondary N) is 1. The third kappa shape index (κ3) is 5.53. The van der Waals surface area contributed by atoms with Gasteiger partial charge in [-0.3, -0.25) is 0 Å². The van der Waals surface area contributed by atoms with Crippen LogP contribution in [0, 0.1) is 5.92 Å². The molecule has 0 aromatic heterocycles. The highest BCUT2D eigenvalue weighted by Crippen LogP contribution is 2.23. The van der Waals surface area contributed by atoms with Crippen LogP contribution in [0.3, 0.4) is 0 Å². The molecule has 2 nitrogen and oxygen atoms in total. The summed E-state index contributed by atoms with van der Waals surface area (Å²) in [6.45, 7) is 8.16. The average molecular weight is 212 g/mol. The first-order chi connectivity index (χ1) is 7.20. The Bertz CT molecular complexity index is 153. The fourth-order valence-electron chi connectivity index (χ4n) is 2.01. The van der Waals surface area contributed by atoms with Crippen LogP contribution in [0.25, 0.3) is 0 Å². The molecule has 1 aliphatic carbocycles. The van der Waals surface area contributed by atoms with Crippen LogP contribution in [0.2, 0.25) is 0 Å². The molecule has 90 valence electrons. The first kappa shape index (κ1) is 13.0. The van der Waals surface area contributed by atoms with Crippen LogP contribution >= 0.6 is 0 Å². The Labute approximate surface area is 95.4 Å². The van der Waals surface area contributed by atoms with Crippen LogP contribution in [-0.4, -0.2) is 37.6 Å². The summed E-state index contributed by atoms with van der Waals surface area (Å²) < 4.78 is 0. The second kappa shape index (κ2) is 7.24. The Morgan fingerprint density at radius 1 is 1.27 bits per heavy atom. The molecule has 0 saturated heterocycles. The smallest absolute Gasteiger partial charge is 0.00922 e. The van der Waals surface area contributed by atoms with E-state index in [0.717, 1.165) is 12.0 Å². The van der Waals surface area contributed by atoms with Crippen molar-refractivity contribution in [2.75, 3.05) is 26.7 Å². The van der Waals surface area contributed by atoms with E-state index in [2.05, 4.69) is 31.1 Å². The van der Waals surface area contributed by atoms with Gasteiger partial charge in [-0.05, 0) is 58.3 Å². The molecule has 1 fully saturated rings. The van der Waals surface area contributed by atoms with Crippen LogP contribution in [0.15, 0.2) is 0 Å². The molecule has 0 atom stereocenters. The number of rotatable bonds is 8. The van der Waals surface area contributed by atoms with Gasteiger partial charge < -0.3 is 10.2 Å². The van der Waals surface area contributed by atoms with Gasteiger partial charge in [0.1, 0.15) is 0 Å². The van der Waals surface area contributed by atoms with Crippen LogP contribution in [-0.2, 0) is 0 Å². The normalized spacial score (nSPS) is 17.4. The van der Waals surface area contributed by atoms with E-state index in [4.69, 9.17) is 0 Å². The molecule has 0 radical (unpaired) electrons. The lowest BCUT2D eigenvalue weighted by Crippen LogP contribution is -2.37. The van der Waals surface area contributed by atoms with Crippen molar-refractivity contribution in [2.24, 2.45) is 5.92 Å². The van der Waals surface area contributed by atoms with Crippen LogP contribution in [0.1, 0.15) is 46.0 Å². The van der Waals surface area contributed by atoms with Crippen LogP contribution < -0.4 is 5.32 Å². The van der Waals surface area contributed by atoms with E-state index in [1.807, 2.05) is 0 Å². The van der Waals surface area contributed by atoms with E-state index in [-0.39, 0.29) is 0 Å². The second-order valence-corrected chi connectivity index (χ2v) is 5.37. The fraction of sp³-hybridized carbons (Fsp3) is 1.00. The van der Waals surface area contributed by atoms with Gasteiger partial charge in [-0.25, -0.2) is 0 Å². The summed E-state index contributed by atoms with van der Waals surface area (Å²) in [6.07, 6.45) is 6.98. The second-order valence-electron chi connectivity index (χ2n) is 5.37. The predicted octanol–water partition coefficient (Wildman–Crippen LogP) is 2.50. The maximum absolute atomic E-state index is 3.50. The summed E-state index contributed by atoms with van der Waals surface area (Å²) in [4.78, 5) is 2.55. The molecular weight excluding hydrogens is 184 g/mol. The van der Waals surface area contributed by atoms with Crippen LogP contribution in [0.5, 0.6) is 0 Å². The van der Waals surface area contributed by atoms with Gasteiger partial charge in [-0.2, -0.15) is 0 Å². The molecule has 0 heterocycles. The first-order valence-corrected chi connectivity index (χ1v) is 6.61. The van der Waals surface area contributed by atoms with Gasteiger partial charge in [0.25, 0.3) is 0 Å². The monoisotopic (exact) mass is 212 g/mol. The van der Waals surface area contributed by atoms with Crippen molar-refractivity contribution >= 4 is 0 Å². The SMILES string of the molecule is CC(C)CNCCCCN(C)C1CCC1. The standard InChI is InChI=1S/C13H28N2/c1-12(2)11-14-9-4-5-10-15(3)13-7-6-8-13/h12-14H,4-11H2,1-3H3. The highest BCUT2D eigenvalue weighted by molar-refractivity contribution is 4.77. The molecular formula is C13H28N2. The summed E-state index contributed by atoms with van der Waals surface area (Å²) in [5, 5.41) is 3.50. The Hall–Kier alpha value is -0.0800. The van der Waals surface area contributed by atoms with Crippen molar-refractivity contribution < 1.29 is 0 Å². The Balaban J connectivity index is 1.83. The zero-order valence-electron chi connectivity index (χ0n) is 10.8. The third-order valence-corrected chi connectivity index (χ3v) is 3.37. The zero-order chi connectivity index (χ0) is 11.1. The number of hydrogen-bond donors (Lipinski definition) is 1. The molecule has 0 amide bonds. The third-order valence-electron chi connectivity index (χ3n) is 3.37. The molecule has 15 heavy (non-hydrogen) atoms. The number of nitrogens with zero attached hydrogens (tertiary/aromatic N) is 1. The molecule has 0 aromatic rings. The molecule has 2 heteroatoms. The number of unbranched alkanes of at least 4 members (excludes halogenated alkanes) is 1. The van der Waals surface area contributed by atoms with Gasteiger partial charge in [-0.1, -0.05) is 20.3 Å². The van der Waals surface area contributed by atoms with Crippen molar-refractivity contribution in [3.05, 3.63) is 0 Å². The van der Waals surface area contributed by atoms with Gasteiger partial charge in [0.15, 0.2) is 0 Å². The first-order valence-electron chi connectivity index (χ1n) is 6.61. The summed E-state index contributed by atoms with van der Waals surface area (Å²) in [7, 11) is 2.28. The van der Waals surface area contributed by atoms with Crippen molar-refractivity contribution in [2.45, 2.75) is 52.0 Å². The molecule has 0 aliphatic heterocycles. The molecule has 0 spiro atoms. The molecule has 1 saturated carbocycles. The van der Waals surface area contributed by atoms with E-state index < -0.39 is 0 Å². The predicted molar refractivity (Wildman–Crippen MR) is 67.2 cm³/mol. The quantitative estimate of drug-likeness (QED) is 0.622. The van der Waals surface area contributed by atoms with Gasteiger partial charge in [0, 0.05) is 6.04 Å². The molecule has 1 N–H and O–H groups in total. The Kier molecular flexibility index (Phi) is 6.26. The van der Waals surface area contributed by atoms with Gasteiger partial charge in [-0.15, -0.1) is 0 Å². The minimum atomic E-state index is 0.780. The largest absolute Gasteiger partial charge is 0.316 e. The maximum atomic E-state index is 3.50. The summed E-state index contributed by atoms with van der Waals surface area (Å²) in [5.41, 5.74) is 0. The van der Waals surface area contributed by atoms with E-state index in [1.165, 1.54) is 51.7 Å². The van der Waals surface area contributed by atoms with Crippen LogP contribution in [0.4, 0.5) is 0 Å². The Morgan fingerprint density at radius 3 is 2.53 bits per heavy atom. The lowest BCUT2D eigenvalue weighted by Gasteiger charge is -2.34. The average Bonchev–Trinajstić information content (AvgIpc) is 2.07.